The van der Waals surface area contributed by atoms with Gasteiger partial charge < -0.3 is 15.2 Å². The minimum Gasteiger partial charge on any atom is -0.469 e. The van der Waals surface area contributed by atoms with Gasteiger partial charge in [-0.1, -0.05) is 38.5 Å². The van der Waals surface area contributed by atoms with E-state index in [1.165, 1.54) is 34.2 Å². The van der Waals surface area contributed by atoms with Crippen molar-refractivity contribution in [3.05, 3.63) is 56.8 Å². The summed E-state index contributed by atoms with van der Waals surface area (Å²) in [6, 6.07) is 9.14. The van der Waals surface area contributed by atoms with Gasteiger partial charge in [0, 0.05) is 17.5 Å². The fraction of sp³-hybridized carbons (Fsp3) is 0.560. The highest BCUT2D eigenvalue weighted by atomic mass is 32.1. The highest BCUT2D eigenvalue weighted by Crippen LogP contribution is 2.31. The number of hydrogen-bond donors (Lipinski definition) is 2. The molecule has 1 aliphatic rings. The van der Waals surface area contributed by atoms with Crippen molar-refractivity contribution in [2.75, 3.05) is 13.7 Å². The lowest BCUT2D eigenvalue weighted by Crippen LogP contribution is -2.40. The van der Waals surface area contributed by atoms with Crippen molar-refractivity contribution >= 4 is 17.3 Å². The zero-order valence-electron chi connectivity index (χ0n) is 18.4. The number of benzene rings is 1. The average molecular weight is 430 g/mol. The van der Waals surface area contributed by atoms with Gasteiger partial charge in [0.05, 0.1) is 19.1 Å². The smallest absolute Gasteiger partial charge is 0.311 e. The number of aryl methyl sites for hydroxylation is 3. The van der Waals surface area contributed by atoms with Crippen molar-refractivity contribution in [3.63, 3.8) is 0 Å². The van der Waals surface area contributed by atoms with Crippen LogP contribution in [-0.2, 0) is 35.2 Å². The van der Waals surface area contributed by atoms with Crippen LogP contribution in [0.1, 0.15) is 66.3 Å². The first-order valence-electron chi connectivity index (χ1n) is 11.2. The second-order valence-electron chi connectivity index (χ2n) is 8.26. The highest BCUT2D eigenvalue weighted by Gasteiger charge is 2.30. The average Bonchev–Trinajstić information content (AvgIpc) is 3.21. The van der Waals surface area contributed by atoms with Crippen LogP contribution in [0, 0.1) is 5.92 Å². The molecule has 0 saturated carbocycles. The molecule has 164 valence electrons. The maximum atomic E-state index is 12.5. The molecule has 4 nitrogen and oxygen atoms in total. The van der Waals surface area contributed by atoms with Crippen molar-refractivity contribution in [1.82, 2.24) is 5.32 Å². The molecule has 30 heavy (non-hydrogen) atoms. The quantitative estimate of drug-likeness (QED) is 0.541. The predicted octanol–water partition coefficient (Wildman–Crippen LogP) is 4.62. The van der Waals surface area contributed by atoms with E-state index in [1.54, 1.807) is 11.3 Å². The normalized spacial score (nSPS) is 17.9. The third-order valence-electron chi connectivity index (χ3n) is 6.24. The van der Waals surface area contributed by atoms with Crippen LogP contribution in [0.3, 0.4) is 0 Å². The molecule has 1 aromatic heterocycles. The molecule has 0 radical (unpaired) electrons. The summed E-state index contributed by atoms with van der Waals surface area (Å²) in [5, 5.41) is 16.6. The molecule has 2 N–H and O–H groups in total. The Morgan fingerprint density at radius 3 is 2.90 bits per heavy atom. The van der Waals surface area contributed by atoms with Gasteiger partial charge in [-0.05, 0) is 72.2 Å². The summed E-state index contributed by atoms with van der Waals surface area (Å²) < 4.78 is 5.04. The molecule has 3 rings (SSSR count). The summed E-state index contributed by atoms with van der Waals surface area (Å²) in [5.74, 6) is -0.890. The number of hydrogen-bond acceptors (Lipinski definition) is 5. The summed E-state index contributed by atoms with van der Waals surface area (Å²) in [7, 11) is 1.40. The molecule has 0 bridgehead atoms. The number of nitrogens with one attached hydrogen (secondary N) is 1. The largest absolute Gasteiger partial charge is 0.469 e. The molecule has 5 heteroatoms. The second-order valence-corrected chi connectivity index (χ2v) is 9.26. The Morgan fingerprint density at radius 2 is 2.17 bits per heavy atom. The van der Waals surface area contributed by atoms with Crippen molar-refractivity contribution in [1.29, 1.82) is 0 Å². The molecule has 2 aromatic rings. The first-order chi connectivity index (χ1) is 14.6. The van der Waals surface area contributed by atoms with Crippen molar-refractivity contribution in [3.8, 4) is 0 Å². The zero-order chi connectivity index (χ0) is 21.5. The summed E-state index contributed by atoms with van der Waals surface area (Å²) >= 11 is 1.66. The minimum absolute atomic E-state index is 0.227. The third-order valence-corrected chi connectivity index (χ3v) is 7.22. The summed E-state index contributed by atoms with van der Waals surface area (Å²) in [4.78, 5) is 13.7. The van der Waals surface area contributed by atoms with Crippen molar-refractivity contribution < 1.29 is 14.6 Å². The van der Waals surface area contributed by atoms with E-state index in [4.69, 9.17) is 4.74 Å². The number of aliphatic hydroxyl groups is 1. The standard InChI is InChI=1S/C25H35NO3S/c1-4-7-19-12-13-30-24(19)15-21(25(28)29-3)23(27)16-26-22-9-6-8-18-11-10-17(5-2)14-20(18)22/h10-14,21-23,26-27H,4-9,15-16H2,1-3H3. The lowest BCUT2D eigenvalue weighted by molar-refractivity contribution is -0.149. The van der Waals surface area contributed by atoms with E-state index in [9.17, 15) is 9.90 Å². The fourth-order valence-corrected chi connectivity index (χ4v) is 5.45. The van der Waals surface area contributed by atoms with Crippen LogP contribution in [0.25, 0.3) is 0 Å². The Kier molecular flexibility index (Phi) is 8.49. The van der Waals surface area contributed by atoms with E-state index in [0.29, 0.717) is 13.0 Å². The Morgan fingerprint density at radius 1 is 1.33 bits per heavy atom. The monoisotopic (exact) mass is 429 g/mol. The topological polar surface area (TPSA) is 58.6 Å². The van der Waals surface area contributed by atoms with Gasteiger partial charge in [-0.25, -0.2) is 0 Å². The Bertz CT molecular complexity index is 832. The van der Waals surface area contributed by atoms with E-state index < -0.39 is 12.0 Å². The molecule has 0 aliphatic heterocycles. The van der Waals surface area contributed by atoms with Gasteiger partial charge in [0.2, 0.25) is 0 Å². The van der Waals surface area contributed by atoms with Gasteiger partial charge in [0.1, 0.15) is 0 Å². The van der Waals surface area contributed by atoms with Crippen LogP contribution in [0.2, 0.25) is 0 Å². The number of ether oxygens (including phenoxy) is 1. The molecule has 1 heterocycles. The number of thiophene rings is 1. The first kappa shape index (κ1) is 23.0. The minimum atomic E-state index is -0.784. The van der Waals surface area contributed by atoms with Crippen LogP contribution in [-0.4, -0.2) is 30.8 Å². The first-order valence-corrected chi connectivity index (χ1v) is 12.1. The van der Waals surface area contributed by atoms with E-state index in [2.05, 4.69) is 48.8 Å². The number of fused-ring (bicyclic) bond motifs is 1. The van der Waals surface area contributed by atoms with Gasteiger partial charge in [0.15, 0.2) is 0 Å². The SMILES string of the molecule is CCCc1ccsc1CC(C(=O)OC)C(O)CNC1CCCc2ccc(CC)cc21. The molecule has 1 aliphatic carbocycles. The maximum Gasteiger partial charge on any atom is 0.311 e. The molecule has 3 atom stereocenters. The molecule has 0 amide bonds. The second kappa shape index (κ2) is 11.1. The van der Waals surface area contributed by atoms with Crippen LogP contribution in [0.4, 0.5) is 0 Å². The number of carbonyl (C=O) groups excluding carboxylic acids is 1. The molecular weight excluding hydrogens is 394 g/mol. The lowest BCUT2D eigenvalue weighted by Gasteiger charge is -2.29. The van der Waals surface area contributed by atoms with Gasteiger partial charge in [0.25, 0.3) is 0 Å². The fourth-order valence-electron chi connectivity index (χ4n) is 4.45. The predicted molar refractivity (Wildman–Crippen MR) is 123 cm³/mol. The lowest BCUT2D eigenvalue weighted by atomic mass is 9.86. The number of aliphatic hydroxyl groups excluding tert-OH is 1. The molecule has 0 saturated heterocycles. The van der Waals surface area contributed by atoms with Gasteiger partial charge in [-0.3, -0.25) is 4.79 Å². The van der Waals surface area contributed by atoms with Crippen LogP contribution in [0.5, 0.6) is 0 Å². The number of methoxy groups -OCH3 is 1. The Labute approximate surface area is 184 Å². The van der Waals surface area contributed by atoms with E-state index in [1.807, 2.05) is 0 Å². The number of esters is 1. The zero-order valence-corrected chi connectivity index (χ0v) is 19.3. The van der Waals surface area contributed by atoms with Gasteiger partial charge in [-0.2, -0.15) is 0 Å². The summed E-state index contributed by atoms with van der Waals surface area (Å²) in [6.07, 6.45) is 6.15. The van der Waals surface area contributed by atoms with Crippen LogP contribution >= 0.6 is 11.3 Å². The molecule has 0 fully saturated rings. The van der Waals surface area contributed by atoms with Crippen LogP contribution < -0.4 is 5.32 Å². The van der Waals surface area contributed by atoms with Crippen LogP contribution in [0.15, 0.2) is 29.6 Å². The molecular formula is C25H35NO3S. The van der Waals surface area contributed by atoms with E-state index in [-0.39, 0.29) is 12.0 Å². The summed E-state index contributed by atoms with van der Waals surface area (Å²) in [5.41, 5.74) is 5.38. The van der Waals surface area contributed by atoms with Crippen molar-refractivity contribution in [2.24, 2.45) is 5.92 Å². The molecule has 1 aromatic carbocycles. The Balaban J connectivity index is 1.69. The number of carbonyl (C=O) groups is 1. The maximum absolute atomic E-state index is 12.5. The third kappa shape index (κ3) is 5.51. The highest BCUT2D eigenvalue weighted by molar-refractivity contribution is 7.10. The summed E-state index contributed by atoms with van der Waals surface area (Å²) in [6.45, 7) is 4.72. The van der Waals surface area contributed by atoms with E-state index >= 15 is 0 Å². The van der Waals surface area contributed by atoms with Crippen molar-refractivity contribution in [2.45, 2.75) is 70.9 Å². The van der Waals surface area contributed by atoms with E-state index in [0.717, 1.165) is 38.5 Å². The Hall–Kier alpha value is -1.69. The van der Waals surface area contributed by atoms with Gasteiger partial charge >= 0.3 is 5.97 Å². The number of rotatable bonds is 10. The molecule has 0 spiro atoms. The van der Waals surface area contributed by atoms with Gasteiger partial charge in [-0.15, -0.1) is 11.3 Å². The molecule has 3 unspecified atom stereocenters.